The zero-order chi connectivity index (χ0) is 23.7. The Kier molecular flexibility index (Phi) is 8.05. The molecule has 0 aromatic rings. The molecule has 29 heavy (non-hydrogen) atoms. The normalized spacial score (nSPS) is 14.6. The first kappa shape index (κ1) is 27.7. The molecule has 0 aliphatic carbocycles. The first-order chi connectivity index (χ1) is 12.5. The monoisotopic (exact) mass is 498 g/mol. The Hall–Kier alpha value is -1.32. The third-order valence-electron chi connectivity index (χ3n) is 3.00. The van der Waals surface area contributed by atoms with E-state index in [4.69, 9.17) is 0 Å². The van der Waals surface area contributed by atoms with Gasteiger partial charge in [0.05, 0.1) is 0 Å². The highest BCUT2D eigenvalue weighted by atomic mass is 35.5. The molecule has 0 saturated heterocycles. The maximum atomic E-state index is 13.1. The Morgan fingerprint density at radius 3 is 1.03 bits per heavy atom. The molecule has 0 atom stereocenters. The zero-order valence-corrected chi connectivity index (χ0v) is 14.7. The first-order valence-corrected chi connectivity index (χ1v) is 7.52. The van der Waals surface area contributed by atoms with E-state index >= 15 is 0 Å². The summed E-state index contributed by atoms with van der Waals surface area (Å²) in [5.41, 5.74) is 0. The Morgan fingerprint density at radius 1 is 0.586 bits per heavy atom. The first-order valence-electron chi connectivity index (χ1n) is 6.76. The second kappa shape index (κ2) is 8.43. The van der Waals surface area contributed by atoms with Gasteiger partial charge in [-0.05, 0) is 29.6 Å². The predicted octanol–water partition coefficient (Wildman–Crippen LogP) is 3.81. The molecular weight excluding hydrogens is 491 g/mol. The number of carbonyl (C=O) groups excluding carboxylic acids is 2. The minimum Gasteiger partial charge on any atom is -0.351 e. The smallest absolute Gasteiger partial charge is 0.351 e. The van der Waals surface area contributed by atoms with Crippen LogP contribution in [-0.4, -0.2) is 59.4 Å². The van der Waals surface area contributed by atoms with Crippen molar-refractivity contribution in [2.24, 2.45) is 0 Å². The average Bonchev–Trinajstić information content (AvgIpc) is 2.51. The fraction of sp³-hybridized carbons (Fsp3) is 0.818. The summed E-state index contributed by atoms with van der Waals surface area (Å²) in [4.78, 5) is 21.8. The van der Waals surface area contributed by atoms with Gasteiger partial charge in [-0.1, -0.05) is 0 Å². The van der Waals surface area contributed by atoms with E-state index in [9.17, 15) is 62.3 Å². The van der Waals surface area contributed by atoms with Gasteiger partial charge in [-0.15, -0.1) is 0 Å². The maximum Gasteiger partial charge on any atom is 0.395 e. The minimum atomic E-state index is -6.33. The number of hydrogen-bond donors (Lipinski definition) is 2. The van der Waals surface area contributed by atoms with Crippen molar-refractivity contribution < 1.29 is 62.3 Å². The van der Waals surface area contributed by atoms with Gasteiger partial charge in [0.2, 0.25) is 0 Å². The number of rotatable bonds is 10. The Balaban J connectivity index is 4.75. The van der Waals surface area contributed by atoms with Gasteiger partial charge < -0.3 is 10.6 Å². The minimum absolute atomic E-state index is 0.880. The summed E-state index contributed by atoms with van der Waals surface area (Å²) < 4.78 is 153. The number of nitrogens with one attached hydrogen (secondary N) is 2. The molecule has 0 saturated carbocycles. The molecule has 0 rings (SSSR count). The summed E-state index contributed by atoms with van der Waals surface area (Å²) in [7, 11) is 0. The lowest BCUT2D eigenvalue weighted by Gasteiger charge is -2.28. The van der Waals surface area contributed by atoms with Gasteiger partial charge in [0, 0.05) is 13.1 Å². The van der Waals surface area contributed by atoms with Crippen molar-refractivity contribution in [2.75, 3.05) is 13.1 Å². The van der Waals surface area contributed by atoms with E-state index in [1.807, 2.05) is 0 Å². The van der Waals surface area contributed by atoms with E-state index in [0.717, 1.165) is 10.6 Å². The molecule has 0 radical (unpaired) electrons. The molecule has 4 nitrogen and oxygen atoms in total. The number of hydrogen-bond acceptors (Lipinski definition) is 2. The van der Waals surface area contributed by atoms with Crippen LogP contribution in [0.15, 0.2) is 0 Å². The summed E-state index contributed by atoms with van der Waals surface area (Å²) in [5.74, 6) is -30.6. The topological polar surface area (TPSA) is 58.2 Å². The van der Waals surface area contributed by atoms with Gasteiger partial charge >= 0.3 is 34.5 Å². The van der Waals surface area contributed by atoms with Crippen LogP contribution in [0.1, 0.15) is 6.42 Å². The summed E-state index contributed by atoms with van der Waals surface area (Å²) in [6.07, 6.45) is -0.880. The van der Waals surface area contributed by atoms with Crippen molar-refractivity contribution in [3.05, 3.63) is 0 Å². The molecule has 0 spiro atoms. The van der Waals surface area contributed by atoms with Crippen LogP contribution in [0.3, 0.4) is 0 Å². The summed E-state index contributed by atoms with van der Waals surface area (Å²) in [6.45, 7) is -2.29. The number of amides is 2. The fourth-order valence-electron chi connectivity index (χ4n) is 1.36. The van der Waals surface area contributed by atoms with Crippen LogP contribution in [0, 0.1) is 0 Å². The number of alkyl halides is 14. The third-order valence-corrected chi connectivity index (χ3v) is 3.47. The van der Waals surface area contributed by atoms with E-state index < -0.39 is 65.8 Å². The van der Waals surface area contributed by atoms with Crippen LogP contribution >= 0.6 is 23.2 Å². The predicted molar refractivity (Wildman–Crippen MR) is 72.0 cm³/mol. The standard InChI is InChI=1S/C11H8Cl2F12N2O2/c12-10(22,23)8(18,19)6(14,15)4(28)26-2-1-3-27-5(29)7(16,17)9(20,21)11(13,24)25/h1-3H2,(H,26,28)(H,27,29). The van der Waals surface area contributed by atoms with Crippen molar-refractivity contribution in [1.29, 1.82) is 0 Å². The van der Waals surface area contributed by atoms with Gasteiger partial charge in [0.15, 0.2) is 0 Å². The molecule has 0 fully saturated rings. The van der Waals surface area contributed by atoms with E-state index in [2.05, 4.69) is 23.2 Å². The van der Waals surface area contributed by atoms with Gasteiger partial charge in [0.25, 0.3) is 11.8 Å². The molecule has 0 bridgehead atoms. The molecule has 0 aromatic carbocycles. The maximum absolute atomic E-state index is 13.1. The van der Waals surface area contributed by atoms with Crippen LogP contribution in [0.5, 0.6) is 0 Å². The molecule has 0 heterocycles. The van der Waals surface area contributed by atoms with Crippen LogP contribution in [0.25, 0.3) is 0 Å². The fourth-order valence-corrected chi connectivity index (χ4v) is 1.59. The lowest BCUT2D eigenvalue weighted by atomic mass is 10.1. The molecule has 0 aliphatic rings. The summed E-state index contributed by atoms with van der Waals surface area (Å²) in [6, 6.07) is 0. The van der Waals surface area contributed by atoms with E-state index in [-0.39, 0.29) is 0 Å². The van der Waals surface area contributed by atoms with Crippen LogP contribution in [0.4, 0.5) is 52.7 Å². The van der Waals surface area contributed by atoms with Gasteiger partial charge in [-0.25, -0.2) is 0 Å². The van der Waals surface area contributed by atoms with Crippen LogP contribution < -0.4 is 10.6 Å². The Labute approximate surface area is 162 Å². The van der Waals surface area contributed by atoms with Crippen molar-refractivity contribution >= 4 is 35.0 Å². The summed E-state index contributed by atoms with van der Waals surface area (Å²) >= 11 is 7.60. The number of halogens is 14. The van der Waals surface area contributed by atoms with Crippen molar-refractivity contribution in [1.82, 2.24) is 10.6 Å². The molecule has 0 unspecified atom stereocenters. The quantitative estimate of drug-likeness (QED) is 0.273. The zero-order valence-electron chi connectivity index (χ0n) is 13.2. The van der Waals surface area contributed by atoms with Gasteiger partial charge in [-0.3, -0.25) is 9.59 Å². The lowest BCUT2D eigenvalue weighted by molar-refractivity contribution is -0.269. The van der Waals surface area contributed by atoms with E-state index in [0.29, 0.717) is 0 Å². The molecule has 18 heteroatoms. The highest BCUT2D eigenvalue weighted by Gasteiger charge is 2.75. The SMILES string of the molecule is O=C(NCCCNC(=O)C(F)(F)C(F)(F)C(F)(F)Cl)C(F)(F)C(F)(F)C(F)(F)Cl. The molecule has 0 aliphatic heterocycles. The highest BCUT2D eigenvalue weighted by molar-refractivity contribution is 6.23. The van der Waals surface area contributed by atoms with Crippen LogP contribution in [0.2, 0.25) is 0 Å². The Bertz CT molecular complexity index is 566. The van der Waals surface area contributed by atoms with Crippen molar-refractivity contribution in [2.45, 2.75) is 40.9 Å². The molecule has 172 valence electrons. The average molecular weight is 499 g/mol. The highest BCUT2D eigenvalue weighted by Crippen LogP contribution is 2.48. The molecule has 2 N–H and O–H groups in total. The second-order valence-corrected chi connectivity index (χ2v) is 6.11. The second-order valence-electron chi connectivity index (χ2n) is 5.16. The van der Waals surface area contributed by atoms with E-state index in [1.165, 1.54) is 0 Å². The Morgan fingerprint density at radius 2 is 0.828 bits per heavy atom. The molecule has 0 aromatic heterocycles. The largest absolute Gasteiger partial charge is 0.395 e. The van der Waals surface area contributed by atoms with Crippen molar-refractivity contribution in [3.63, 3.8) is 0 Å². The third kappa shape index (κ3) is 5.44. The summed E-state index contributed by atoms with van der Waals surface area (Å²) in [5, 5.41) is -9.70. The van der Waals surface area contributed by atoms with Gasteiger partial charge in [0.1, 0.15) is 0 Å². The van der Waals surface area contributed by atoms with Crippen molar-refractivity contribution in [3.8, 4) is 0 Å². The van der Waals surface area contributed by atoms with Gasteiger partial charge in [-0.2, -0.15) is 52.7 Å². The molecular formula is C11H8Cl2F12N2O2. The lowest BCUT2D eigenvalue weighted by Crippen LogP contribution is -2.59. The van der Waals surface area contributed by atoms with E-state index in [1.54, 1.807) is 0 Å². The van der Waals surface area contributed by atoms with Crippen LogP contribution in [-0.2, 0) is 9.59 Å². The molecule has 2 amide bonds. The number of carbonyl (C=O) groups is 2.